The lowest BCUT2D eigenvalue weighted by atomic mass is 10.0. The lowest BCUT2D eigenvalue weighted by molar-refractivity contribution is -0.167. The number of esters is 3. The summed E-state index contributed by atoms with van der Waals surface area (Å²) in [5.41, 5.74) is 0. The summed E-state index contributed by atoms with van der Waals surface area (Å²) >= 11 is 0. The molecule has 0 N–H and O–H groups in total. The molecular weight excluding hydrogens is 973 g/mol. The highest BCUT2D eigenvalue weighted by atomic mass is 16.6. The molecule has 0 bridgehead atoms. The average Bonchev–Trinajstić information content (AvgIpc) is 3.45. The number of carbonyl (C=O) groups is 3. The van der Waals surface area contributed by atoms with Gasteiger partial charge in [-0.2, -0.15) is 0 Å². The first kappa shape index (κ1) is 75.6. The molecule has 6 nitrogen and oxygen atoms in total. The van der Waals surface area contributed by atoms with Crippen molar-refractivity contribution in [2.24, 2.45) is 0 Å². The second kappa shape index (κ2) is 67.1. The molecule has 456 valence electrons. The van der Waals surface area contributed by atoms with Gasteiger partial charge in [-0.15, -0.1) is 0 Å². The second-order valence-electron chi connectivity index (χ2n) is 22.7. The summed E-state index contributed by atoms with van der Waals surface area (Å²) in [6.07, 6.45) is 88.9. The van der Waals surface area contributed by atoms with E-state index in [9.17, 15) is 14.4 Å². The molecule has 0 aromatic carbocycles. The monoisotopic (exact) mass is 1100 g/mol. The van der Waals surface area contributed by atoms with Crippen LogP contribution >= 0.6 is 0 Å². The maximum absolute atomic E-state index is 12.9. The van der Waals surface area contributed by atoms with Crippen LogP contribution in [0.3, 0.4) is 0 Å². The molecule has 6 heteroatoms. The number of rotatable bonds is 62. The van der Waals surface area contributed by atoms with Crippen LogP contribution in [0.4, 0.5) is 0 Å². The van der Waals surface area contributed by atoms with Gasteiger partial charge in [-0.05, 0) is 96.3 Å². The molecule has 0 spiro atoms. The normalized spacial score (nSPS) is 12.6. The number of ether oxygens (including phenoxy) is 3. The van der Waals surface area contributed by atoms with E-state index < -0.39 is 6.10 Å². The van der Waals surface area contributed by atoms with Crippen LogP contribution in [0.5, 0.6) is 0 Å². The van der Waals surface area contributed by atoms with Gasteiger partial charge < -0.3 is 14.2 Å². The van der Waals surface area contributed by atoms with Crippen molar-refractivity contribution in [3.05, 3.63) is 85.1 Å². The van der Waals surface area contributed by atoms with E-state index in [-0.39, 0.29) is 31.1 Å². The molecule has 1 unspecified atom stereocenters. The molecule has 1 atom stereocenters. The Morgan fingerprint density at radius 1 is 0.266 bits per heavy atom. The summed E-state index contributed by atoms with van der Waals surface area (Å²) in [6.45, 7) is 6.53. The lowest BCUT2D eigenvalue weighted by Crippen LogP contribution is -2.30. The maximum atomic E-state index is 12.9. The quantitative estimate of drug-likeness (QED) is 0.0261. The first-order chi connectivity index (χ1) is 39.0. The number of carbonyl (C=O) groups excluding carboxylic acids is 3. The van der Waals surface area contributed by atoms with E-state index in [1.165, 1.54) is 199 Å². The van der Waals surface area contributed by atoms with Crippen LogP contribution in [0.1, 0.15) is 342 Å². The summed E-state index contributed by atoms with van der Waals surface area (Å²) in [5, 5.41) is 0. The molecule has 0 radical (unpaired) electrons. The minimum Gasteiger partial charge on any atom is -0.462 e. The van der Waals surface area contributed by atoms with Gasteiger partial charge in [0.25, 0.3) is 0 Å². The molecule has 0 aliphatic carbocycles. The van der Waals surface area contributed by atoms with Crippen LogP contribution in [-0.4, -0.2) is 37.2 Å². The predicted octanol–water partition coefficient (Wildman–Crippen LogP) is 23.4. The van der Waals surface area contributed by atoms with Crippen LogP contribution in [0, 0.1) is 0 Å². The third-order valence-electron chi connectivity index (χ3n) is 14.9. The van der Waals surface area contributed by atoms with Crippen LogP contribution in [-0.2, 0) is 28.6 Å². The van der Waals surface area contributed by atoms with Crippen molar-refractivity contribution < 1.29 is 28.6 Å². The van der Waals surface area contributed by atoms with Gasteiger partial charge in [0.05, 0.1) is 0 Å². The highest BCUT2D eigenvalue weighted by Gasteiger charge is 2.19. The molecule has 0 aliphatic rings. The second-order valence-corrected chi connectivity index (χ2v) is 22.7. The Bertz CT molecular complexity index is 1500. The first-order valence-corrected chi connectivity index (χ1v) is 34.1. The van der Waals surface area contributed by atoms with Crippen molar-refractivity contribution in [1.29, 1.82) is 0 Å². The van der Waals surface area contributed by atoms with Crippen LogP contribution < -0.4 is 0 Å². The third kappa shape index (κ3) is 65.3. The number of hydrogen-bond acceptors (Lipinski definition) is 6. The standard InChI is InChI=1S/C73H128O6/c1-4-7-10-13-16-19-22-25-28-30-32-33-34-35-36-37-38-39-41-42-45-48-51-54-57-60-63-66-72(75)78-69-70(68-77-71(74)65-62-59-56-53-50-47-44-27-24-21-18-15-12-9-6-3)79-73(76)67-64-61-58-55-52-49-46-43-40-31-29-26-23-20-17-14-11-8-5-2/h8,11,17,20,22,25-26,29-30,32,40,43,49,52,70H,4-7,9-10,12-16,18-19,21,23-24,27-28,31,33-39,41-42,44-48,50-51,53-69H2,1-3H3/b11-8-,20-17-,25-22-,29-26-,32-30-,43-40-,52-49-. The van der Waals surface area contributed by atoms with Crippen molar-refractivity contribution >= 4 is 17.9 Å². The van der Waals surface area contributed by atoms with Crippen LogP contribution in [0.25, 0.3) is 0 Å². The lowest BCUT2D eigenvalue weighted by Gasteiger charge is -2.18. The fourth-order valence-corrected chi connectivity index (χ4v) is 9.80. The van der Waals surface area contributed by atoms with E-state index in [1.54, 1.807) is 0 Å². The molecule has 0 rings (SSSR count). The van der Waals surface area contributed by atoms with Crippen molar-refractivity contribution in [1.82, 2.24) is 0 Å². The number of allylic oxidation sites excluding steroid dienone is 14. The largest absolute Gasteiger partial charge is 0.462 e. The average molecular weight is 1100 g/mol. The van der Waals surface area contributed by atoms with E-state index in [4.69, 9.17) is 14.2 Å². The highest BCUT2D eigenvalue weighted by Crippen LogP contribution is 2.17. The van der Waals surface area contributed by atoms with Gasteiger partial charge in [0.1, 0.15) is 13.2 Å². The van der Waals surface area contributed by atoms with Gasteiger partial charge in [-0.25, -0.2) is 0 Å². The summed E-state index contributed by atoms with van der Waals surface area (Å²) in [6, 6.07) is 0. The molecule has 0 saturated heterocycles. The summed E-state index contributed by atoms with van der Waals surface area (Å²) in [4.78, 5) is 38.4. The topological polar surface area (TPSA) is 78.9 Å². The summed E-state index contributed by atoms with van der Waals surface area (Å²) in [5.74, 6) is -0.901. The fourth-order valence-electron chi connectivity index (χ4n) is 9.80. The molecule has 0 aromatic rings. The van der Waals surface area contributed by atoms with Crippen molar-refractivity contribution in [3.8, 4) is 0 Å². The Kier molecular flexibility index (Phi) is 64.2. The first-order valence-electron chi connectivity index (χ1n) is 34.1. The van der Waals surface area contributed by atoms with Gasteiger partial charge in [0.2, 0.25) is 0 Å². The van der Waals surface area contributed by atoms with Gasteiger partial charge in [0, 0.05) is 19.3 Å². The molecule has 0 aliphatic heterocycles. The summed E-state index contributed by atoms with van der Waals surface area (Å²) in [7, 11) is 0. The Morgan fingerprint density at radius 3 is 0.785 bits per heavy atom. The molecular formula is C73H128O6. The van der Waals surface area contributed by atoms with Gasteiger partial charge in [-0.3, -0.25) is 14.4 Å². The molecule has 0 fully saturated rings. The van der Waals surface area contributed by atoms with E-state index in [0.717, 1.165) is 103 Å². The number of hydrogen-bond donors (Lipinski definition) is 0. The van der Waals surface area contributed by atoms with Gasteiger partial charge in [-0.1, -0.05) is 311 Å². The zero-order valence-corrected chi connectivity index (χ0v) is 52.4. The fraction of sp³-hybridized carbons (Fsp3) is 0.767. The Labute approximate surface area is 490 Å². The molecule has 0 amide bonds. The Balaban J connectivity index is 4.32. The van der Waals surface area contributed by atoms with Gasteiger partial charge in [0.15, 0.2) is 6.10 Å². The predicted molar refractivity (Wildman–Crippen MR) is 344 cm³/mol. The minimum absolute atomic E-state index is 0.0863. The highest BCUT2D eigenvalue weighted by molar-refractivity contribution is 5.71. The maximum Gasteiger partial charge on any atom is 0.306 e. The van der Waals surface area contributed by atoms with Crippen LogP contribution in [0.15, 0.2) is 85.1 Å². The van der Waals surface area contributed by atoms with Crippen molar-refractivity contribution in [3.63, 3.8) is 0 Å². The minimum atomic E-state index is -0.794. The molecule has 0 heterocycles. The zero-order valence-electron chi connectivity index (χ0n) is 52.4. The van der Waals surface area contributed by atoms with Gasteiger partial charge >= 0.3 is 17.9 Å². The third-order valence-corrected chi connectivity index (χ3v) is 14.9. The van der Waals surface area contributed by atoms with E-state index in [1.807, 2.05) is 0 Å². The van der Waals surface area contributed by atoms with Crippen molar-refractivity contribution in [2.75, 3.05) is 13.2 Å². The van der Waals surface area contributed by atoms with E-state index in [0.29, 0.717) is 19.3 Å². The number of unbranched alkanes of at least 4 members (excludes halogenated alkanes) is 37. The smallest absolute Gasteiger partial charge is 0.306 e. The Hall–Kier alpha value is -3.41. The summed E-state index contributed by atoms with van der Waals surface area (Å²) < 4.78 is 16.9. The molecule has 0 saturated carbocycles. The molecule has 79 heavy (non-hydrogen) atoms. The molecule has 0 aromatic heterocycles. The Morgan fingerprint density at radius 2 is 0.494 bits per heavy atom. The zero-order chi connectivity index (χ0) is 57.1. The van der Waals surface area contributed by atoms with Crippen LogP contribution in [0.2, 0.25) is 0 Å². The van der Waals surface area contributed by atoms with E-state index >= 15 is 0 Å². The van der Waals surface area contributed by atoms with E-state index in [2.05, 4.69) is 106 Å². The van der Waals surface area contributed by atoms with Crippen molar-refractivity contribution in [2.45, 2.75) is 348 Å². The SMILES string of the molecule is CC/C=C\C/C=C\C/C=C\C/C=C\C/C=C\CCCCCC(=O)OC(COC(=O)CCCCCCCCCCCCCCCCC)COC(=O)CCCCCCCCCCCCCCCCC/C=C\C/C=C\CCCCCCC.